The van der Waals surface area contributed by atoms with Crippen LogP contribution in [0, 0.1) is 0 Å². The third-order valence-electron chi connectivity index (χ3n) is 3.65. The fraction of sp³-hybridized carbons (Fsp3) is 0.294. The molecule has 0 aliphatic heterocycles. The quantitative estimate of drug-likeness (QED) is 0.783. The second-order valence-electron chi connectivity index (χ2n) is 5.71. The second kappa shape index (κ2) is 7.57. The van der Waals surface area contributed by atoms with Gasteiger partial charge in [-0.25, -0.2) is 13.1 Å². The predicted octanol–water partition coefficient (Wildman–Crippen LogP) is 3.55. The zero-order valence-corrected chi connectivity index (χ0v) is 15.6. The van der Waals surface area contributed by atoms with Gasteiger partial charge in [-0.05, 0) is 45.1 Å². The molecule has 23 heavy (non-hydrogen) atoms. The summed E-state index contributed by atoms with van der Waals surface area (Å²) in [5.74, 6) is 0.453. The van der Waals surface area contributed by atoms with Crippen molar-refractivity contribution < 1.29 is 8.42 Å². The lowest BCUT2D eigenvalue weighted by Gasteiger charge is -2.15. The normalized spacial score (nSPS) is 13.3. The van der Waals surface area contributed by atoms with E-state index in [1.54, 1.807) is 24.3 Å². The number of benzene rings is 2. The number of sulfonamides is 1. The van der Waals surface area contributed by atoms with Gasteiger partial charge in [0.05, 0.1) is 4.90 Å². The zero-order chi connectivity index (χ0) is 17.0. The Morgan fingerprint density at radius 3 is 2.17 bits per heavy atom. The van der Waals surface area contributed by atoms with Crippen LogP contribution in [-0.2, 0) is 10.0 Å². The minimum Gasteiger partial charge on any atom is -0.323 e. The van der Waals surface area contributed by atoms with Gasteiger partial charge in [0.15, 0.2) is 0 Å². The maximum Gasteiger partial charge on any atom is 0.241 e. The molecule has 0 bridgehead atoms. The Morgan fingerprint density at radius 1 is 1.04 bits per heavy atom. The first kappa shape index (κ1) is 18.1. The Balaban J connectivity index is 2.06. The van der Waals surface area contributed by atoms with Crippen molar-refractivity contribution in [2.75, 3.05) is 6.54 Å². The number of nitrogens with one attached hydrogen (secondary N) is 1. The van der Waals surface area contributed by atoms with Crippen LogP contribution in [0.15, 0.2) is 57.9 Å². The fourth-order valence-electron chi connectivity index (χ4n) is 2.19. The summed E-state index contributed by atoms with van der Waals surface area (Å²) >= 11 is 3.26. The Morgan fingerprint density at radius 2 is 1.61 bits per heavy atom. The van der Waals surface area contributed by atoms with Gasteiger partial charge in [0.2, 0.25) is 10.0 Å². The molecule has 1 unspecified atom stereocenters. The average molecular weight is 397 g/mol. The number of halogens is 1. The fourth-order valence-corrected chi connectivity index (χ4v) is 4.25. The third kappa shape index (κ3) is 4.64. The van der Waals surface area contributed by atoms with E-state index in [1.165, 1.54) is 5.56 Å². The molecule has 3 N–H and O–H groups in total. The van der Waals surface area contributed by atoms with Crippen molar-refractivity contribution in [3.63, 3.8) is 0 Å². The van der Waals surface area contributed by atoms with Gasteiger partial charge in [-0.2, -0.15) is 0 Å². The monoisotopic (exact) mass is 396 g/mol. The highest BCUT2D eigenvalue weighted by Gasteiger charge is 2.18. The summed E-state index contributed by atoms with van der Waals surface area (Å²) in [5.41, 5.74) is 8.24. The number of hydrogen-bond donors (Lipinski definition) is 2. The van der Waals surface area contributed by atoms with Gasteiger partial charge in [-0.15, -0.1) is 0 Å². The van der Waals surface area contributed by atoms with E-state index < -0.39 is 16.1 Å². The van der Waals surface area contributed by atoms with Gasteiger partial charge < -0.3 is 5.73 Å². The molecular formula is C17H21BrN2O2S. The van der Waals surface area contributed by atoms with E-state index in [2.05, 4.69) is 34.5 Å². The SMILES string of the molecule is CC(C)c1ccc(C(N)CNS(=O)(=O)c2ccccc2Br)cc1. The summed E-state index contributed by atoms with van der Waals surface area (Å²) in [6.07, 6.45) is 0. The smallest absolute Gasteiger partial charge is 0.241 e. The molecule has 0 fully saturated rings. The van der Waals surface area contributed by atoms with E-state index in [4.69, 9.17) is 5.73 Å². The predicted molar refractivity (Wildman–Crippen MR) is 96.8 cm³/mol. The van der Waals surface area contributed by atoms with Crippen molar-refractivity contribution >= 4 is 26.0 Å². The van der Waals surface area contributed by atoms with Gasteiger partial charge in [-0.1, -0.05) is 50.2 Å². The van der Waals surface area contributed by atoms with Gasteiger partial charge in [0.1, 0.15) is 0 Å². The molecule has 2 aromatic carbocycles. The molecule has 0 saturated heterocycles. The molecule has 0 saturated carbocycles. The van der Waals surface area contributed by atoms with Crippen LogP contribution in [0.25, 0.3) is 0 Å². The van der Waals surface area contributed by atoms with Crippen LogP contribution in [0.1, 0.15) is 36.9 Å². The minimum atomic E-state index is -3.59. The molecule has 0 aliphatic carbocycles. The number of hydrogen-bond acceptors (Lipinski definition) is 3. The highest BCUT2D eigenvalue weighted by molar-refractivity contribution is 9.10. The molecule has 0 heterocycles. The molecular weight excluding hydrogens is 376 g/mol. The largest absolute Gasteiger partial charge is 0.323 e. The molecule has 124 valence electrons. The number of rotatable bonds is 6. The van der Waals surface area contributed by atoms with Crippen molar-refractivity contribution in [1.29, 1.82) is 0 Å². The standard InChI is InChI=1S/C17H21BrN2O2S/c1-12(2)13-7-9-14(10-8-13)16(19)11-20-23(21,22)17-6-4-3-5-15(17)18/h3-10,12,16,20H,11,19H2,1-2H3. The first-order valence-electron chi connectivity index (χ1n) is 7.41. The minimum absolute atomic E-state index is 0.144. The zero-order valence-electron chi connectivity index (χ0n) is 13.2. The summed E-state index contributed by atoms with van der Waals surface area (Å²) in [7, 11) is -3.59. The Labute approximate surface area is 146 Å². The first-order valence-corrected chi connectivity index (χ1v) is 9.68. The van der Waals surface area contributed by atoms with Crippen LogP contribution in [0.5, 0.6) is 0 Å². The van der Waals surface area contributed by atoms with Crippen LogP contribution >= 0.6 is 15.9 Å². The van der Waals surface area contributed by atoms with Crippen molar-refractivity contribution in [1.82, 2.24) is 4.72 Å². The Bertz CT molecular complexity index is 758. The van der Waals surface area contributed by atoms with Crippen LogP contribution < -0.4 is 10.5 Å². The van der Waals surface area contributed by atoms with E-state index in [1.807, 2.05) is 24.3 Å². The Hall–Kier alpha value is -1.21. The molecule has 4 nitrogen and oxygen atoms in total. The summed E-state index contributed by atoms with van der Waals surface area (Å²) in [4.78, 5) is 0.211. The van der Waals surface area contributed by atoms with Crippen molar-refractivity contribution in [3.8, 4) is 0 Å². The van der Waals surface area contributed by atoms with Crippen LogP contribution in [0.3, 0.4) is 0 Å². The molecule has 0 radical (unpaired) electrons. The second-order valence-corrected chi connectivity index (χ2v) is 8.30. The van der Waals surface area contributed by atoms with Crippen LogP contribution in [-0.4, -0.2) is 15.0 Å². The maximum absolute atomic E-state index is 12.3. The number of nitrogens with two attached hydrogens (primary N) is 1. The molecule has 2 rings (SSSR count). The Kier molecular flexibility index (Phi) is 5.97. The van der Waals surface area contributed by atoms with Crippen molar-refractivity contribution in [2.45, 2.75) is 30.7 Å². The van der Waals surface area contributed by atoms with Crippen molar-refractivity contribution in [3.05, 3.63) is 64.1 Å². The third-order valence-corrected chi connectivity index (χ3v) is 6.09. The first-order chi connectivity index (χ1) is 10.8. The molecule has 1 atom stereocenters. The molecule has 0 amide bonds. The van der Waals surface area contributed by atoms with E-state index in [-0.39, 0.29) is 11.4 Å². The lowest BCUT2D eigenvalue weighted by Crippen LogP contribution is -2.32. The lowest BCUT2D eigenvalue weighted by atomic mass is 9.99. The van der Waals surface area contributed by atoms with Gasteiger partial charge >= 0.3 is 0 Å². The van der Waals surface area contributed by atoms with E-state index in [0.29, 0.717) is 10.4 Å². The van der Waals surface area contributed by atoms with Crippen molar-refractivity contribution in [2.24, 2.45) is 5.73 Å². The van der Waals surface area contributed by atoms with Crippen LogP contribution in [0.2, 0.25) is 0 Å². The van der Waals surface area contributed by atoms with Gasteiger partial charge in [0.25, 0.3) is 0 Å². The van der Waals surface area contributed by atoms with E-state index in [0.717, 1.165) is 5.56 Å². The molecule has 2 aromatic rings. The topological polar surface area (TPSA) is 72.2 Å². The highest BCUT2D eigenvalue weighted by atomic mass is 79.9. The summed E-state index contributed by atoms with van der Waals surface area (Å²) in [6.45, 7) is 4.40. The maximum atomic E-state index is 12.3. The molecule has 0 aliphatic rings. The van der Waals surface area contributed by atoms with E-state index in [9.17, 15) is 8.42 Å². The van der Waals surface area contributed by atoms with Gasteiger partial charge in [-0.3, -0.25) is 0 Å². The molecule has 6 heteroatoms. The molecule has 0 spiro atoms. The van der Waals surface area contributed by atoms with Gasteiger partial charge in [0, 0.05) is 17.1 Å². The lowest BCUT2D eigenvalue weighted by molar-refractivity contribution is 0.572. The van der Waals surface area contributed by atoms with Crippen LogP contribution in [0.4, 0.5) is 0 Å². The molecule has 0 aromatic heterocycles. The summed E-state index contributed by atoms with van der Waals surface area (Å²) in [5, 5.41) is 0. The highest BCUT2D eigenvalue weighted by Crippen LogP contribution is 2.22. The van der Waals surface area contributed by atoms with E-state index >= 15 is 0 Å². The average Bonchev–Trinajstić information content (AvgIpc) is 2.53. The summed E-state index contributed by atoms with van der Waals surface area (Å²) < 4.78 is 27.8. The summed E-state index contributed by atoms with van der Waals surface area (Å²) in [6, 6.07) is 14.3.